The van der Waals surface area contributed by atoms with E-state index >= 15 is 0 Å². The van der Waals surface area contributed by atoms with Crippen molar-refractivity contribution < 1.29 is 23.4 Å². The smallest absolute Gasteiger partial charge is 0.417 e. The molecule has 0 atom stereocenters. The van der Waals surface area contributed by atoms with Crippen LogP contribution in [-0.2, 0) is 12.6 Å². The Kier molecular flexibility index (Phi) is 4.25. The fraction of sp³-hybridized carbons (Fsp3) is 0.0800. The van der Waals surface area contributed by atoms with E-state index in [9.17, 15) is 23.4 Å². The standard InChI is InChI=1S/C25H16F3NO2/c26-25(27,28)22-7-2-1-6-18(22)23-13-19(14-4-3-5-16(30)10-14)21-11-15-8-9-17(31)12-20(15)24(21)29-23/h1-10,12-13,30-31H,11H2. The highest BCUT2D eigenvalue weighted by Crippen LogP contribution is 2.45. The molecule has 0 saturated carbocycles. The second kappa shape index (κ2) is 6.87. The molecule has 0 saturated heterocycles. The molecule has 6 heteroatoms. The summed E-state index contributed by atoms with van der Waals surface area (Å²) in [6, 6.07) is 18.6. The minimum atomic E-state index is -4.53. The highest BCUT2D eigenvalue weighted by molar-refractivity contribution is 5.86. The first-order valence-electron chi connectivity index (χ1n) is 9.63. The Morgan fingerprint density at radius 2 is 1.52 bits per heavy atom. The van der Waals surface area contributed by atoms with Gasteiger partial charge in [0.1, 0.15) is 11.5 Å². The van der Waals surface area contributed by atoms with Crippen LogP contribution >= 0.6 is 0 Å². The molecule has 0 aliphatic heterocycles. The summed E-state index contributed by atoms with van der Waals surface area (Å²) in [7, 11) is 0. The highest BCUT2D eigenvalue weighted by Gasteiger charge is 2.34. The Balaban J connectivity index is 1.82. The maximum absolute atomic E-state index is 13.7. The maximum Gasteiger partial charge on any atom is 0.417 e. The molecule has 0 spiro atoms. The van der Waals surface area contributed by atoms with Crippen LogP contribution in [0.15, 0.2) is 72.8 Å². The summed E-state index contributed by atoms with van der Waals surface area (Å²) in [5.41, 5.74) is 3.79. The summed E-state index contributed by atoms with van der Waals surface area (Å²) >= 11 is 0. The van der Waals surface area contributed by atoms with Gasteiger partial charge in [0.05, 0.1) is 17.0 Å². The number of rotatable bonds is 2. The van der Waals surface area contributed by atoms with Crippen molar-refractivity contribution in [3.05, 3.63) is 89.5 Å². The normalized spacial score (nSPS) is 12.5. The zero-order valence-corrected chi connectivity index (χ0v) is 16.1. The first-order valence-corrected chi connectivity index (χ1v) is 9.63. The molecular formula is C25H16F3NO2. The van der Waals surface area contributed by atoms with Gasteiger partial charge in [-0.2, -0.15) is 13.2 Å². The summed E-state index contributed by atoms with van der Waals surface area (Å²) in [4.78, 5) is 4.62. The lowest BCUT2D eigenvalue weighted by molar-refractivity contribution is -0.137. The van der Waals surface area contributed by atoms with Crippen molar-refractivity contribution in [2.24, 2.45) is 0 Å². The summed E-state index contributed by atoms with van der Waals surface area (Å²) in [6.45, 7) is 0. The monoisotopic (exact) mass is 419 g/mol. The average Bonchev–Trinajstić information content (AvgIpc) is 3.10. The molecule has 0 unspecified atom stereocenters. The molecule has 4 aromatic rings. The first-order chi connectivity index (χ1) is 14.8. The lowest BCUT2D eigenvalue weighted by Crippen LogP contribution is -2.07. The van der Waals surface area contributed by atoms with Crippen LogP contribution in [0.1, 0.15) is 16.7 Å². The molecule has 154 valence electrons. The van der Waals surface area contributed by atoms with Crippen LogP contribution < -0.4 is 0 Å². The van der Waals surface area contributed by atoms with Crippen molar-refractivity contribution in [3.8, 4) is 45.1 Å². The van der Waals surface area contributed by atoms with Gasteiger partial charge in [-0.25, -0.2) is 4.98 Å². The van der Waals surface area contributed by atoms with E-state index < -0.39 is 11.7 Å². The quantitative estimate of drug-likeness (QED) is 0.347. The Bertz CT molecular complexity index is 1330. The van der Waals surface area contributed by atoms with Crippen LogP contribution in [0.25, 0.3) is 33.6 Å². The molecule has 3 nitrogen and oxygen atoms in total. The van der Waals surface area contributed by atoms with E-state index in [1.54, 1.807) is 48.5 Å². The number of nitrogens with zero attached hydrogens (tertiary/aromatic N) is 1. The van der Waals surface area contributed by atoms with Gasteiger partial charge in [0.15, 0.2) is 0 Å². The van der Waals surface area contributed by atoms with Crippen molar-refractivity contribution in [1.29, 1.82) is 0 Å². The molecule has 0 radical (unpaired) electrons. The molecule has 0 amide bonds. The Hall–Kier alpha value is -3.80. The van der Waals surface area contributed by atoms with E-state index in [4.69, 9.17) is 0 Å². The Morgan fingerprint density at radius 3 is 2.29 bits per heavy atom. The molecule has 1 aromatic heterocycles. The Morgan fingerprint density at radius 1 is 0.742 bits per heavy atom. The van der Waals surface area contributed by atoms with Crippen molar-refractivity contribution in [2.45, 2.75) is 12.6 Å². The summed E-state index contributed by atoms with van der Waals surface area (Å²) in [5.74, 6) is 0.127. The van der Waals surface area contributed by atoms with E-state index in [-0.39, 0.29) is 22.8 Å². The van der Waals surface area contributed by atoms with E-state index in [1.807, 2.05) is 0 Å². The van der Waals surface area contributed by atoms with Gasteiger partial charge in [-0.1, -0.05) is 36.4 Å². The SMILES string of the molecule is Oc1cccc(-c2cc(-c3ccccc3C(F)(F)F)nc3c2Cc2ccc(O)cc2-3)c1. The first kappa shape index (κ1) is 19.2. The van der Waals surface area contributed by atoms with Crippen LogP contribution in [-0.4, -0.2) is 15.2 Å². The molecule has 1 aliphatic rings. The van der Waals surface area contributed by atoms with Gasteiger partial charge in [0.25, 0.3) is 0 Å². The number of benzene rings is 3. The van der Waals surface area contributed by atoms with Crippen molar-refractivity contribution >= 4 is 0 Å². The van der Waals surface area contributed by atoms with Gasteiger partial charge in [0, 0.05) is 17.5 Å². The number of aromatic nitrogens is 1. The molecule has 1 heterocycles. The van der Waals surface area contributed by atoms with Crippen molar-refractivity contribution in [3.63, 3.8) is 0 Å². The largest absolute Gasteiger partial charge is 0.508 e. The number of hydrogen-bond acceptors (Lipinski definition) is 3. The maximum atomic E-state index is 13.7. The molecule has 3 aromatic carbocycles. The molecule has 31 heavy (non-hydrogen) atoms. The highest BCUT2D eigenvalue weighted by atomic mass is 19.4. The molecule has 5 rings (SSSR count). The number of alkyl halides is 3. The van der Waals surface area contributed by atoms with Crippen LogP contribution in [0, 0.1) is 0 Å². The predicted octanol–water partition coefficient (Wildman–Crippen LogP) is 6.42. The number of pyridine rings is 1. The fourth-order valence-corrected chi connectivity index (χ4v) is 4.13. The topological polar surface area (TPSA) is 53.4 Å². The second-order valence-corrected chi connectivity index (χ2v) is 7.49. The predicted molar refractivity (Wildman–Crippen MR) is 112 cm³/mol. The summed E-state index contributed by atoms with van der Waals surface area (Å²) in [5, 5.41) is 19.9. The lowest BCUT2D eigenvalue weighted by Gasteiger charge is -2.16. The van der Waals surface area contributed by atoms with E-state index in [1.165, 1.54) is 18.2 Å². The second-order valence-electron chi connectivity index (χ2n) is 7.49. The van der Waals surface area contributed by atoms with Crippen LogP contribution in [0.5, 0.6) is 11.5 Å². The number of aromatic hydroxyl groups is 2. The number of fused-ring (bicyclic) bond motifs is 3. The molecule has 2 N–H and O–H groups in total. The zero-order valence-electron chi connectivity index (χ0n) is 16.1. The summed E-state index contributed by atoms with van der Waals surface area (Å²) < 4.78 is 41.0. The van der Waals surface area contributed by atoms with Gasteiger partial charge in [0.2, 0.25) is 0 Å². The number of phenolic OH excluding ortho intramolecular Hbond substituents is 2. The van der Waals surface area contributed by atoms with Gasteiger partial charge in [-0.15, -0.1) is 0 Å². The Labute approximate surface area is 176 Å². The van der Waals surface area contributed by atoms with Crippen LogP contribution in [0.2, 0.25) is 0 Å². The van der Waals surface area contributed by atoms with Gasteiger partial charge in [-0.05, 0) is 58.7 Å². The third-order valence-corrected chi connectivity index (χ3v) is 5.51. The van der Waals surface area contributed by atoms with Crippen LogP contribution in [0.3, 0.4) is 0 Å². The van der Waals surface area contributed by atoms with E-state index in [0.29, 0.717) is 28.8 Å². The van der Waals surface area contributed by atoms with E-state index in [0.717, 1.165) is 17.2 Å². The number of halogens is 3. The average molecular weight is 419 g/mol. The van der Waals surface area contributed by atoms with Gasteiger partial charge >= 0.3 is 6.18 Å². The minimum absolute atomic E-state index is 0.0205. The fourth-order valence-electron chi connectivity index (χ4n) is 4.13. The molecule has 0 bridgehead atoms. The number of phenols is 2. The minimum Gasteiger partial charge on any atom is -0.508 e. The van der Waals surface area contributed by atoms with Crippen molar-refractivity contribution in [2.75, 3.05) is 0 Å². The lowest BCUT2D eigenvalue weighted by atomic mass is 9.94. The molecular weight excluding hydrogens is 403 g/mol. The number of hydrogen-bond donors (Lipinski definition) is 2. The third kappa shape index (κ3) is 3.30. The van der Waals surface area contributed by atoms with Gasteiger partial charge in [-0.3, -0.25) is 0 Å². The molecule has 1 aliphatic carbocycles. The summed E-state index contributed by atoms with van der Waals surface area (Å²) in [6.07, 6.45) is -4.00. The van der Waals surface area contributed by atoms with Gasteiger partial charge < -0.3 is 10.2 Å². The van der Waals surface area contributed by atoms with Crippen LogP contribution in [0.4, 0.5) is 13.2 Å². The van der Waals surface area contributed by atoms with E-state index in [2.05, 4.69) is 4.98 Å². The third-order valence-electron chi connectivity index (χ3n) is 5.51. The van der Waals surface area contributed by atoms with Crippen molar-refractivity contribution in [1.82, 2.24) is 4.98 Å². The zero-order chi connectivity index (χ0) is 21.8. The molecule has 0 fully saturated rings.